The van der Waals surface area contributed by atoms with Gasteiger partial charge >= 0.3 is 0 Å². The predicted molar refractivity (Wildman–Crippen MR) is 112 cm³/mol. The summed E-state index contributed by atoms with van der Waals surface area (Å²) in [7, 11) is 4.00. The SMILES string of the molecule is CC(C)Oc1ccc(NC(=O)c2ccc(C(=O)NCCCN(C)C)cc2)cc1. The molecule has 0 spiro atoms. The van der Waals surface area contributed by atoms with Crippen molar-refractivity contribution in [1.29, 1.82) is 0 Å². The first-order valence-corrected chi connectivity index (χ1v) is 9.46. The molecule has 0 bridgehead atoms. The van der Waals surface area contributed by atoms with Gasteiger partial charge in [0, 0.05) is 23.4 Å². The molecule has 2 N–H and O–H groups in total. The Balaban J connectivity index is 1.88. The van der Waals surface area contributed by atoms with Gasteiger partial charge in [0.2, 0.25) is 0 Å². The molecule has 0 aliphatic rings. The second kappa shape index (κ2) is 10.5. The third kappa shape index (κ3) is 7.04. The Morgan fingerprint density at radius 1 is 0.929 bits per heavy atom. The van der Waals surface area contributed by atoms with Gasteiger partial charge in [-0.25, -0.2) is 0 Å². The highest BCUT2D eigenvalue weighted by molar-refractivity contribution is 6.05. The van der Waals surface area contributed by atoms with E-state index in [0.29, 0.717) is 23.4 Å². The van der Waals surface area contributed by atoms with Crippen molar-refractivity contribution in [3.8, 4) is 5.75 Å². The van der Waals surface area contributed by atoms with E-state index in [1.165, 1.54) is 0 Å². The number of carbonyl (C=O) groups is 2. The minimum Gasteiger partial charge on any atom is -0.491 e. The van der Waals surface area contributed by atoms with E-state index in [-0.39, 0.29) is 17.9 Å². The molecule has 0 saturated carbocycles. The van der Waals surface area contributed by atoms with E-state index in [1.807, 2.05) is 40.1 Å². The molecule has 0 aliphatic carbocycles. The first-order chi connectivity index (χ1) is 13.3. The molecular formula is C22H29N3O3. The van der Waals surface area contributed by atoms with Crippen molar-refractivity contribution in [2.75, 3.05) is 32.5 Å². The zero-order chi connectivity index (χ0) is 20.5. The van der Waals surface area contributed by atoms with E-state index >= 15 is 0 Å². The van der Waals surface area contributed by atoms with E-state index in [9.17, 15) is 9.59 Å². The summed E-state index contributed by atoms with van der Waals surface area (Å²) < 4.78 is 5.59. The molecule has 0 aromatic heterocycles. The summed E-state index contributed by atoms with van der Waals surface area (Å²) in [6, 6.07) is 13.9. The molecule has 0 aliphatic heterocycles. The molecule has 0 heterocycles. The lowest BCUT2D eigenvalue weighted by molar-refractivity contribution is 0.0950. The maximum atomic E-state index is 12.4. The lowest BCUT2D eigenvalue weighted by atomic mass is 10.1. The lowest BCUT2D eigenvalue weighted by Crippen LogP contribution is -2.27. The van der Waals surface area contributed by atoms with Gasteiger partial charge in [-0.3, -0.25) is 9.59 Å². The van der Waals surface area contributed by atoms with Crippen LogP contribution in [0.3, 0.4) is 0 Å². The summed E-state index contributed by atoms with van der Waals surface area (Å²) in [5.74, 6) is 0.399. The fraction of sp³-hybridized carbons (Fsp3) is 0.364. The van der Waals surface area contributed by atoms with Crippen molar-refractivity contribution in [1.82, 2.24) is 10.2 Å². The maximum absolute atomic E-state index is 12.4. The van der Waals surface area contributed by atoms with Crippen LogP contribution in [0.5, 0.6) is 5.75 Å². The van der Waals surface area contributed by atoms with Crippen molar-refractivity contribution in [3.63, 3.8) is 0 Å². The predicted octanol–water partition coefficient (Wildman–Crippen LogP) is 3.41. The van der Waals surface area contributed by atoms with Crippen LogP contribution in [0.25, 0.3) is 0 Å². The van der Waals surface area contributed by atoms with Gasteiger partial charge in [0.25, 0.3) is 11.8 Å². The second-order valence-corrected chi connectivity index (χ2v) is 7.14. The van der Waals surface area contributed by atoms with Gasteiger partial charge in [0.05, 0.1) is 6.10 Å². The maximum Gasteiger partial charge on any atom is 0.255 e. The van der Waals surface area contributed by atoms with Gasteiger partial charge in [-0.05, 0) is 89.4 Å². The highest BCUT2D eigenvalue weighted by Crippen LogP contribution is 2.17. The number of carbonyl (C=O) groups excluding carboxylic acids is 2. The van der Waals surface area contributed by atoms with Gasteiger partial charge in [0.15, 0.2) is 0 Å². The number of nitrogens with one attached hydrogen (secondary N) is 2. The number of benzene rings is 2. The topological polar surface area (TPSA) is 70.7 Å². The van der Waals surface area contributed by atoms with Crippen LogP contribution in [0.4, 0.5) is 5.69 Å². The van der Waals surface area contributed by atoms with E-state index in [0.717, 1.165) is 18.7 Å². The Kier molecular flexibility index (Phi) is 8.02. The molecule has 0 atom stereocenters. The quantitative estimate of drug-likeness (QED) is 0.651. The third-order valence-electron chi connectivity index (χ3n) is 3.96. The number of hydrogen-bond acceptors (Lipinski definition) is 4. The molecule has 0 fully saturated rings. The van der Waals surface area contributed by atoms with Gasteiger partial charge in [-0.15, -0.1) is 0 Å². The minimum absolute atomic E-state index is 0.101. The van der Waals surface area contributed by atoms with Crippen LogP contribution >= 0.6 is 0 Å². The third-order valence-corrected chi connectivity index (χ3v) is 3.96. The number of hydrogen-bond donors (Lipinski definition) is 2. The molecule has 2 aromatic carbocycles. The number of ether oxygens (including phenoxy) is 1. The first-order valence-electron chi connectivity index (χ1n) is 9.46. The van der Waals surface area contributed by atoms with Crippen LogP contribution in [-0.4, -0.2) is 50.0 Å². The van der Waals surface area contributed by atoms with Gasteiger partial charge in [-0.1, -0.05) is 0 Å². The molecule has 28 heavy (non-hydrogen) atoms. The molecule has 0 unspecified atom stereocenters. The Bertz CT molecular complexity index is 769. The van der Waals surface area contributed by atoms with Gasteiger partial charge in [0.1, 0.15) is 5.75 Å². The summed E-state index contributed by atoms with van der Waals surface area (Å²) in [6.07, 6.45) is 0.990. The van der Waals surface area contributed by atoms with Crippen LogP contribution in [0.15, 0.2) is 48.5 Å². The summed E-state index contributed by atoms with van der Waals surface area (Å²) in [5, 5.41) is 5.72. The highest BCUT2D eigenvalue weighted by Gasteiger charge is 2.09. The average molecular weight is 383 g/mol. The van der Waals surface area contributed by atoms with Crippen molar-refractivity contribution in [2.45, 2.75) is 26.4 Å². The molecule has 6 heteroatoms. The monoisotopic (exact) mass is 383 g/mol. The van der Waals surface area contributed by atoms with Crippen molar-refractivity contribution in [3.05, 3.63) is 59.7 Å². The number of rotatable bonds is 9. The fourth-order valence-corrected chi connectivity index (χ4v) is 2.56. The van der Waals surface area contributed by atoms with Crippen molar-refractivity contribution < 1.29 is 14.3 Å². The molecule has 0 saturated heterocycles. The first kappa shape index (κ1) is 21.4. The molecule has 0 radical (unpaired) electrons. The zero-order valence-electron chi connectivity index (χ0n) is 17.0. The standard InChI is InChI=1S/C22H29N3O3/c1-16(2)28-20-12-10-19(11-13-20)24-22(27)18-8-6-17(7-9-18)21(26)23-14-5-15-25(3)4/h6-13,16H,5,14-15H2,1-4H3,(H,23,26)(H,24,27). The number of anilines is 1. The summed E-state index contributed by atoms with van der Waals surface area (Å²) >= 11 is 0. The van der Waals surface area contributed by atoms with E-state index < -0.39 is 0 Å². The van der Waals surface area contributed by atoms with Crippen LogP contribution in [0.2, 0.25) is 0 Å². The highest BCUT2D eigenvalue weighted by atomic mass is 16.5. The van der Waals surface area contributed by atoms with Crippen LogP contribution in [0, 0.1) is 0 Å². The largest absolute Gasteiger partial charge is 0.491 e. The zero-order valence-corrected chi connectivity index (χ0v) is 17.0. The van der Waals surface area contributed by atoms with Crippen LogP contribution in [-0.2, 0) is 0 Å². The number of amides is 2. The van der Waals surface area contributed by atoms with E-state index in [2.05, 4.69) is 15.5 Å². The lowest BCUT2D eigenvalue weighted by Gasteiger charge is -2.11. The Labute approximate surface area is 166 Å². The molecule has 2 rings (SSSR count). The fourth-order valence-electron chi connectivity index (χ4n) is 2.56. The van der Waals surface area contributed by atoms with Crippen molar-refractivity contribution >= 4 is 17.5 Å². The second-order valence-electron chi connectivity index (χ2n) is 7.14. The molecule has 2 aromatic rings. The van der Waals surface area contributed by atoms with E-state index in [1.54, 1.807) is 36.4 Å². The summed E-state index contributed by atoms with van der Waals surface area (Å²) in [6.45, 7) is 5.46. The van der Waals surface area contributed by atoms with E-state index in [4.69, 9.17) is 4.74 Å². The Morgan fingerprint density at radius 2 is 1.50 bits per heavy atom. The molecule has 2 amide bonds. The molecule has 6 nitrogen and oxygen atoms in total. The summed E-state index contributed by atoms with van der Waals surface area (Å²) in [4.78, 5) is 26.6. The Morgan fingerprint density at radius 3 is 2.04 bits per heavy atom. The Hall–Kier alpha value is -2.86. The molecular weight excluding hydrogens is 354 g/mol. The normalized spacial score (nSPS) is 10.8. The average Bonchev–Trinajstić information content (AvgIpc) is 2.66. The van der Waals surface area contributed by atoms with Gasteiger partial charge < -0.3 is 20.3 Å². The van der Waals surface area contributed by atoms with Crippen molar-refractivity contribution in [2.24, 2.45) is 0 Å². The van der Waals surface area contributed by atoms with Crippen LogP contribution < -0.4 is 15.4 Å². The smallest absolute Gasteiger partial charge is 0.255 e. The summed E-state index contributed by atoms with van der Waals surface area (Å²) in [5.41, 5.74) is 1.71. The molecule has 150 valence electrons. The minimum atomic E-state index is -0.226. The number of nitrogens with zero attached hydrogens (tertiary/aromatic N) is 1. The van der Waals surface area contributed by atoms with Gasteiger partial charge in [-0.2, -0.15) is 0 Å². The van der Waals surface area contributed by atoms with Crippen LogP contribution in [0.1, 0.15) is 41.0 Å².